The Bertz CT molecular complexity index is 1300. The Morgan fingerprint density at radius 2 is 1.94 bits per heavy atom. The van der Waals surface area contributed by atoms with E-state index in [4.69, 9.17) is 4.74 Å². The fraction of sp³-hybridized carbons (Fsp3) is 0.276. The van der Waals surface area contributed by atoms with Crippen LogP contribution in [0.5, 0.6) is 0 Å². The van der Waals surface area contributed by atoms with E-state index in [2.05, 4.69) is 40.4 Å². The van der Waals surface area contributed by atoms with Gasteiger partial charge < -0.3 is 15.0 Å². The van der Waals surface area contributed by atoms with Gasteiger partial charge in [0, 0.05) is 67.0 Å². The maximum absolute atomic E-state index is 13.5. The van der Waals surface area contributed by atoms with Crippen LogP contribution in [-0.2, 0) is 17.7 Å². The van der Waals surface area contributed by atoms with Gasteiger partial charge in [-0.3, -0.25) is 14.8 Å². The van der Waals surface area contributed by atoms with E-state index in [1.165, 1.54) is 16.3 Å². The third kappa shape index (κ3) is 5.49. The molecule has 2 aromatic heterocycles. The minimum absolute atomic E-state index is 0.0482. The van der Waals surface area contributed by atoms with Gasteiger partial charge in [0.2, 0.25) is 0 Å². The predicted molar refractivity (Wildman–Crippen MR) is 138 cm³/mol. The summed E-state index contributed by atoms with van der Waals surface area (Å²) >= 11 is 0. The zero-order valence-electron chi connectivity index (χ0n) is 20.0. The van der Waals surface area contributed by atoms with Crippen LogP contribution in [0.1, 0.15) is 27.0 Å². The van der Waals surface area contributed by atoms with Crippen molar-refractivity contribution in [3.63, 3.8) is 0 Å². The molecule has 4 aromatic rings. The average molecular weight is 467 g/mol. The number of benzene rings is 2. The summed E-state index contributed by atoms with van der Waals surface area (Å²) < 4.78 is 5.91. The number of rotatable bonds is 6. The molecule has 0 bridgehead atoms. The lowest BCUT2D eigenvalue weighted by molar-refractivity contribution is 0.0737. The highest BCUT2D eigenvalue weighted by Gasteiger charge is 2.24. The van der Waals surface area contributed by atoms with E-state index in [-0.39, 0.29) is 11.8 Å². The number of carbonyl (C=O) groups is 1. The van der Waals surface area contributed by atoms with Crippen LogP contribution in [0.15, 0.2) is 79.4 Å². The normalized spacial score (nSPS) is 16.1. The summed E-state index contributed by atoms with van der Waals surface area (Å²) in [5, 5.41) is 5.82. The zero-order chi connectivity index (χ0) is 24.0. The first-order valence-electron chi connectivity index (χ1n) is 12.1. The molecule has 35 heavy (non-hydrogen) atoms. The topological polar surface area (TPSA) is 67.4 Å². The molecule has 1 fully saturated rings. The molecule has 1 saturated heterocycles. The summed E-state index contributed by atoms with van der Waals surface area (Å²) in [6, 6.07) is 18.3. The predicted octanol–water partition coefficient (Wildman–Crippen LogP) is 4.88. The van der Waals surface area contributed by atoms with Gasteiger partial charge in [-0.2, -0.15) is 0 Å². The van der Waals surface area contributed by atoms with Gasteiger partial charge in [-0.05, 0) is 65.8 Å². The lowest BCUT2D eigenvalue weighted by Gasteiger charge is -2.24. The fourth-order valence-electron chi connectivity index (χ4n) is 4.68. The second-order valence-corrected chi connectivity index (χ2v) is 9.15. The van der Waals surface area contributed by atoms with E-state index in [0.717, 1.165) is 23.2 Å². The number of aromatic nitrogens is 2. The van der Waals surface area contributed by atoms with Gasteiger partial charge in [-0.25, -0.2) is 0 Å². The highest BCUT2D eigenvalue weighted by Crippen LogP contribution is 2.24. The highest BCUT2D eigenvalue weighted by molar-refractivity contribution is 5.95. The van der Waals surface area contributed by atoms with Gasteiger partial charge in [0.1, 0.15) is 0 Å². The van der Waals surface area contributed by atoms with Crippen molar-refractivity contribution in [1.29, 1.82) is 0 Å². The Labute approximate surface area is 206 Å². The Morgan fingerprint density at radius 3 is 2.83 bits per heavy atom. The number of anilines is 1. The van der Waals surface area contributed by atoms with Gasteiger partial charge in [0.05, 0.1) is 13.2 Å². The van der Waals surface area contributed by atoms with Crippen LogP contribution in [0.3, 0.4) is 0 Å². The molecule has 1 aliphatic rings. The number of fused-ring (bicyclic) bond motifs is 1. The van der Waals surface area contributed by atoms with Crippen LogP contribution in [0.4, 0.5) is 5.69 Å². The molecular weight excluding hydrogens is 436 g/mol. The molecular formula is C29H30N4O2. The van der Waals surface area contributed by atoms with Gasteiger partial charge in [-0.1, -0.05) is 24.3 Å². The van der Waals surface area contributed by atoms with Crippen LogP contribution < -0.4 is 5.32 Å². The number of hydrogen-bond acceptors (Lipinski definition) is 5. The summed E-state index contributed by atoms with van der Waals surface area (Å²) in [5.41, 5.74) is 5.17. The number of aryl methyl sites for hydroxylation is 1. The van der Waals surface area contributed by atoms with E-state index in [1.54, 1.807) is 12.4 Å². The first-order valence-corrected chi connectivity index (χ1v) is 12.1. The van der Waals surface area contributed by atoms with Crippen molar-refractivity contribution in [3.8, 4) is 0 Å². The van der Waals surface area contributed by atoms with E-state index in [0.29, 0.717) is 38.4 Å². The van der Waals surface area contributed by atoms with Gasteiger partial charge in [0.15, 0.2) is 0 Å². The van der Waals surface area contributed by atoms with Crippen LogP contribution in [0.25, 0.3) is 10.8 Å². The quantitative estimate of drug-likeness (QED) is 0.439. The zero-order valence-corrected chi connectivity index (χ0v) is 20.0. The summed E-state index contributed by atoms with van der Waals surface area (Å²) in [5.74, 6) is 0.272. The summed E-state index contributed by atoms with van der Waals surface area (Å²) in [4.78, 5) is 23.9. The second-order valence-electron chi connectivity index (χ2n) is 9.15. The number of carbonyl (C=O) groups excluding carboxylic acids is 1. The molecule has 6 nitrogen and oxygen atoms in total. The first kappa shape index (κ1) is 23.0. The standard InChI is InChI=1S/C29H30N4O2/c1-21-5-6-26(16-28(21)32-17-22-7-10-30-11-8-22)29(34)33-13-14-35-20-23(19-33)15-25-4-2-3-24-9-12-31-18-27(24)25/h2-12,16,18,23,32H,13-15,17,19-20H2,1H3. The molecule has 6 heteroatoms. The molecule has 178 valence electrons. The molecule has 1 unspecified atom stereocenters. The van der Waals surface area contributed by atoms with Crippen LogP contribution in [0, 0.1) is 12.8 Å². The van der Waals surface area contributed by atoms with E-state index >= 15 is 0 Å². The van der Waals surface area contributed by atoms with Crippen molar-refractivity contribution in [2.45, 2.75) is 19.9 Å². The van der Waals surface area contributed by atoms with Crippen molar-refractivity contribution >= 4 is 22.4 Å². The molecule has 0 spiro atoms. The lowest BCUT2D eigenvalue weighted by Crippen LogP contribution is -2.36. The third-order valence-electron chi connectivity index (χ3n) is 6.62. The van der Waals surface area contributed by atoms with Gasteiger partial charge >= 0.3 is 0 Å². The molecule has 3 heterocycles. The molecule has 5 rings (SSSR count). The van der Waals surface area contributed by atoms with Gasteiger partial charge in [0.25, 0.3) is 5.91 Å². The van der Waals surface area contributed by atoms with Crippen LogP contribution in [0.2, 0.25) is 0 Å². The maximum atomic E-state index is 13.5. The monoisotopic (exact) mass is 466 g/mol. The molecule has 0 radical (unpaired) electrons. The average Bonchev–Trinajstić information content (AvgIpc) is 3.14. The number of pyridine rings is 2. The summed E-state index contributed by atoms with van der Waals surface area (Å²) in [7, 11) is 0. The fourth-order valence-corrected chi connectivity index (χ4v) is 4.68. The molecule has 2 aromatic carbocycles. The van der Waals surface area contributed by atoms with Crippen LogP contribution in [-0.4, -0.2) is 47.1 Å². The van der Waals surface area contributed by atoms with Crippen molar-refractivity contribution in [2.75, 3.05) is 31.6 Å². The molecule has 1 atom stereocenters. The Morgan fingerprint density at radius 1 is 1.09 bits per heavy atom. The molecule has 1 amide bonds. The smallest absolute Gasteiger partial charge is 0.254 e. The molecule has 0 aliphatic carbocycles. The molecule has 1 N–H and O–H groups in total. The number of hydrogen-bond donors (Lipinski definition) is 1. The highest BCUT2D eigenvalue weighted by atomic mass is 16.5. The van der Waals surface area contributed by atoms with E-state index < -0.39 is 0 Å². The van der Waals surface area contributed by atoms with Crippen molar-refractivity contribution in [2.24, 2.45) is 5.92 Å². The van der Waals surface area contributed by atoms with Crippen LogP contribution >= 0.6 is 0 Å². The minimum Gasteiger partial charge on any atom is -0.381 e. The Balaban J connectivity index is 1.30. The molecule has 0 saturated carbocycles. The van der Waals surface area contributed by atoms with Crippen molar-refractivity contribution in [1.82, 2.24) is 14.9 Å². The summed E-state index contributed by atoms with van der Waals surface area (Å²) in [6.45, 7) is 5.20. The summed E-state index contributed by atoms with van der Waals surface area (Å²) in [6.07, 6.45) is 8.17. The minimum atomic E-state index is 0.0482. The molecule has 1 aliphatic heterocycles. The largest absolute Gasteiger partial charge is 0.381 e. The van der Waals surface area contributed by atoms with E-state index in [1.807, 2.05) is 53.7 Å². The number of ether oxygens (including phenoxy) is 1. The SMILES string of the molecule is Cc1ccc(C(=O)N2CCOCC(Cc3cccc4ccncc34)C2)cc1NCc1ccncc1. The van der Waals surface area contributed by atoms with E-state index in [9.17, 15) is 4.79 Å². The van der Waals surface area contributed by atoms with Crippen molar-refractivity contribution in [3.05, 3.63) is 102 Å². The number of amides is 1. The first-order chi connectivity index (χ1) is 17.2. The maximum Gasteiger partial charge on any atom is 0.254 e. The van der Waals surface area contributed by atoms with Crippen molar-refractivity contribution < 1.29 is 9.53 Å². The number of nitrogens with zero attached hydrogens (tertiary/aromatic N) is 3. The van der Waals surface area contributed by atoms with Gasteiger partial charge in [-0.15, -0.1) is 0 Å². The second kappa shape index (κ2) is 10.7. The number of nitrogens with one attached hydrogen (secondary N) is 1. The third-order valence-corrected chi connectivity index (χ3v) is 6.62. The Hall–Kier alpha value is -3.77. The lowest BCUT2D eigenvalue weighted by atomic mass is 9.95. The Kier molecular flexibility index (Phi) is 7.00.